The van der Waals surface area contributed by atoms with E-state index in [1.807, 2.05) is 38.1 Å². The molecule has 2 aromatic carbocycles. The topological polar surface area (TPSA) is 82.1 Å². The van der Waals surface area contributed by atoms with Crippen LogP contribution in [0.1, 0.15) is 31.0 Å². The highest BCUT2D eigenvalue weighted by Crippen LogP contribution is 2.40. The number of hydrogen-bond donors (Lipinski definition) is 2. The van der Waals surface area contributed by atoms with Crippen molar-refractivity contribution in [1.82, 2.24) is 15.1 Å². The Labute approximate surface area is 208 Å². The molecule has 2 saturated heterocycles. The first kappa shape index (κ1) is 24.4. The van der Waals surface area contributed by atoms with Crippen LogP contribution in [0.15, 0.2) is 58.6 Å². The smallest absolute Gasteiger partial charge is 0.295 e. The van der Waals surface area contributed by atoms with E-state index < -0.39 is 17.7 Å². The van der Waals surface area contributed by atoms with Gasteiger partial charge in [0, 0.05) is 49.3 Å². The first-order valence-corrected chi connectivity index (χ1v) is 12.4. The summed E-state index contributed by atoms with van der Waals surface area (Å²) in [5, 5.41) is 14.5. The van der Waals surface area contributed by atoms with Gasteiger partial charge in [0.05, 0.1) is 17.7 Å². The number of rotatable bonds is 7. The summed E-state index contributed by atoms with van der Waals surface area (Å²) < 4.78 is 6.52. The summed E-state index contributed by atoms with van der Waals surface area (Å²) in [7, 11) is 0. The van der Waals surface area contributed by atoms with E-state index in [0.717, 1.165) is 36.2 Å². The number of Topliss-reactive ketones (excluding diaryl/α,β-unsaturated/α-hetero) is 1. The van der Waals surface area contributed by atoms with Crippen LogP contribution < -0.4 is 10.1 Å². The largest absolute Gasteiger partial charge is 0.507 e. The molecule has 2 fully saturated rings. The van der Waals surface area contributed by atoms with Crippen molar-refractivity contribution in [1.29, 1.82) is 0 Å². The fraction of sp³-hybridized carbons (Fsp3) is 0.385. The third kappa shape index (κ3) is 5.35. The van der Waals surface area contributed by atoms with Gasteiger partial charge in [-0.05, 0) is 55.8 Å². The van der Waals surface area contributed by atoms with Gasteiger partial charge in [0.1, 0.15) is 11.5 Å². The Morgan fingerprint density at radius 2 is 1.82 bits per heavy atom. The number of ketones is 1. The second kappa shape index (κ2) is 10.7. The Morgan fingerprint density at radius 1 is 1.12 bits per heavy atom. The second-order valence-electron chi connectivity index (χ2n) is 8.83. The minimum Gasteiger partial charge on any atom is -0.507 e. The molecule has 1 atom stereocenters. The number of piperazine rings is 1. The molecule has 0 aliphatic carbocycles. The van der Waals surface area contributed by atoms with Gasteiger partial charge in [-0.25, -0.2) is 0 Å². The number of aliphatic hydroxyl groups excluding tert-OH is 1. The monoisotopic (exact) mass is 527 g/mol. The molecular formula is C26H30BrN3O4. The number of aliphatic hydroxyl groups is 1. The summed E-state index contributed by atoms with van der Waals surface area (Å²) in [6.45, 7) is 8.56. The molecule has 4 rings (SSSR count). The molecule has 1 unspecified atom stereocenters. The van der Waals surface area contributed by atoms with Crippen molar-refractivity contribution in [2.24, 2.45) is 0 Å². The zero-order valence-electron chi connectivity index (χ0n) is 19.5. The van der Waals surface area contributed by atoms with E-state index >= 15 is 0 Å². The Kier molecular flexibility index (Phi) is 7.70. The van der Waals surface area contributed by atoms with Gasteiger partial charge >= 0.3 is 0 Å². The maximum absolute atomic E-state index is 13.2. The summed E-state index contributed by atoms with van der Waals surface area (Å²) in [4.78, 5) is 30.2. The number of nitrogens with zero attached hydrogens (tertiary/aromatic N) is 2. The molecule has 0 bridgehead atoms. The first-order chi connectivity index (χ1) is 16.3. The van der Waals surface area contributed by atoms with Gasteiger partial charge < -0.3 is 20.1 Å². The molecule has 0 saturated carbocycles. The van der Waals surface area contributed by atoms with Gasteiger partial charge in [0.2, 0.25) is 0 Å². The van der Waals surface area contributed by atoms with Gasteiger partial charge in [-0.1, -0.05) is 28.1 Å². The van der Waals surface area contributed by atoms with Gasteiger partial charge in [-0.15, -0.1) is 0 Å². The zero-order valence-corrected chi connectivity index (χ0v) is 21.0. The average Bonchev–Trinajstić information content (AvgIpc) is 3.08. The highest BCUT2D eigenvalue weighted by molar-refractivity contribution is 9.10. The number of carbonyl (C=O) groups is 2. The molecular weight excluding hydrogens is 498 g/mol. The lowest BCUT2D eigenvalue weighted by Crippen LogP contribution is -2.46. The fourth-order valence-corrected chi connectivity index (χ4v) is 4.85. The lowest BCUT2D eigenvalue weighted by atomic mass is 9.95. The fourth-order valence-electron chi connectivity index (χ4n) is 4.44. The standard InChI is InChI=1S/C26H30BrN3O4/c1-17(2)34-21-8-6-18(7-9-21)24(31)22-23(19-4-3-5-20(27)16-19)30(26(33)25(22)32)15-14-29-12-10-28-11-13-29/h3-9,16-17,23,28,31H,10-15H2,1-2H3/b24-22+. The highest BCUT2D eigenvalue weighted by atomic mass is 79.9. The average molecular weight is 528 g/mol. The van der Waals surface area contributed by atoms with E-state index in [1.165, 1.54) is 0 Å². The van der Waals surface area contributed by atoms with Crippen molar-refractivity contribution < 1.29 is 19.4 Å². The van der Waals surface area contributed by atoms with E-state index in [2.05, 4.69) is 26.1 Å². The van der Waals surface area contributed by atoms with Crippen LogP contribution in [0.4, 0.5) is 0 Å². The maximum Gasteiger partial charge on any atom is 0.295 e. The van der Waals surface area contributed by atoms with Crippen molar-refractivity contribution in [3.05, 3.63) is 69.7 Å². The third-order valence-corrected chi connectivity index (χ3v) is 6.56. The number of carbonyl (C=O) groups excluding carboxylic acids is 2. The summed E-state index contributed by atoms with van der Waals surface area (Å²) >= 11 is 3.49. The van der Waals surface area contributed by atoms with Crippen LogP contribution >= 0.6 is 15.9 Å². The normalized spacial score (nSPS) is 20.8. The second-order valence-corrected chi connectivity index (χ2v) is 9.75. The van der Waals surface area contributed by atoms with Crippen LogP contribution in [0.5, 0.6) is 5.75 Å². The van der Waals surface area contributed by atoms with Crippen molar-refractivity contribution in [2.45, 2.75) is 26.0 Å². The number of nitrogens with one attached hydrogen (secondary N) is 1. The lowest BCUT2D eigenvalue weighted by molar-refractivity contribution is -0.140. The number of halogens is 1. The third-order valence-electron chi connectivity index (χ3n) is 6.07. The van der Waals surface area contributed by atoms with E-state index in [-0.39, 0.29) is 17.4 Å². The Bertz CT molecular complexity index is 1080. The number of likely N-dealkylation sites (tertiary alicyclic amines) is 1. The van der Waals surface area contributed by atoms with Crippen LogP contribution in [0.25, 0.3) is 5.76 Å². The zero-order chi connectivity index (χ0) is 24.2. The van der Waals surface area contributed by atoms with E-state index in [0.29, 0.717) is 24.4 Å². The number of ether oxygens (including phenoxy) is 1. The molecule has 0 radical (unpaired) electrons. The molecule has 0 aromatic heterocycles. The van der Waals surface area contributed by atoms with Gasteiger partial charge in [-0.2, -0.15) is 0 Å². The summed E-state index contributed by atoms with van der Waals surface area (Å²) in [5.41, 5.74) is 1.35. The minimum atomic E-state index is -0.662. The van der Waals surface area contributed by atoms with Gasteiger partial charge in [0.25, 0.3) is 11.7 Å². The summed E-state index contributed by atoms with van der Waals surface area (Å²) in [6.07, 6.45) is 0.0250. The molecule has 2 N–H and O–H groups in total. The SMILES string of the molecule is CC(C)Oc1ccc(/C(O)=C2\C(=O)C(=O)N(CCN3CCNCC3)C2c2cccc(Br)c2)cc1. The molecule has 2 aliphatic heterocycles. The summed E-state index contributed by atoms with van der Waals surface area (Å²) in [5.74, 6) is -0.748. The van der Waals surface area contributed by atoms with E-state index in [4.69, 9.17) is 4.74 Å². The number of hydrogen-bond acceptors (Lipinski definition) is 6. The van der Waals surface area contributed by atoms with Crippen molar-refractivity contribution in [3.8, 4) is 5.75 Å². The lowest BCUT2D eigenvalue weighted by Gasteiger charge is -2.31. The first-order valence-electron chi connectivity index (χ1n) is 11.6. The Morgan fingerprint density at radius 3 is 2.47 bits per heavy atom. The van der Waals surface area contributed by atoms with Gasteiger partial charge in [0.15, 0.2) is 0 Å². The van der Waals surface area contributed by atoms with Crippen LogP contribution in [0.2, 0.25) is 0 Å². The van der Waals surface area contributed by atoms with Crippen LogP contribution in [-0.2, 0) is 9.59 Å². The van der Waals surface area contributed by atoms with E-state index in [1.54, 1.807) is 29.2 Å². The van der Waals surface area contributed by atoms with Crippen molar-refractivity contribution in [3.63, 3.8) is 0 Å². The molecule has 0 spiro atoms. The molecule has 34 heavy (non-hydrogen) atoms. The predicted molar refractivity (Wildman–Crippen MR) is 135 cm³/mol. The molecule has 180 valence electrons. The number of amides is 1. The van der Waals surface area contributed by atoms with Crippen molar-refractivity contribution in [2.75, 3.05) is 39.3 Å². The minimum absolute atomic E-state index is 0.0250. The van der Waals surface area contributed by atoms with Crippen LogP contribution in [0.3, 0.4) is 0 Å². The van der Waals surface area contributed by atoms with E-state index in [9.17, 15) is 14.7 Å². The quantitative estimate of drug-likeness (QED) is 0.325. The Balaban J connectivity index is 1.70. The molecule has 2 heterocycles. The maximum atomic E-state index is 13.2. The van der Waals surface area contributed by atoms with Crippen LogP contribution in [-0.4, -0.2) is 72.0 Å². The molecule has 8 heteroatoms. The van der Waals surface area contributed by atoms with Crippen LogP contribution in [0, 0.1) is 0 Å². The molecule has 2 aromatic rings. The highest BCUT2D eigenvalue weighted by Gasteiger charge is 2.46. The molecule has 7 nitrogen and oxygen atoms in total. The Hall–Kier alpha value is -2.68. The van der Waals surface area contributed by atoms with Gasteiger partial charge in [-0.3, -0.25) is 14.5 Å². The molecule has 1 amide bonds. The predicted octanol–water partition coefficient (Wildman–Crippen LogP) is 3.56. The number of benzene rings is 2. The van der Waals surface area contributed by atoms with Crippen molar-refractivity contribution >= 4 is 33.4 Å². The molecule has 2 aliphatic rings. The summed E-state index contributed by atoms with van der Waals surface area (Å²) in [6, 6.07) is 13.8.